The minimum atomic E-state index is 0.495. The molecule has 0 spiro atoms. The van der Waals surface area contributed by atoms with E-state index in [1.165, 1.54) is 0 Å². The van der Waals surface area contributed by atoms with Gasteiger partial charge in [-0.05, 0) is 24.4 Å². The molecule has 1 aromatic rings. The molecular weight excluding hydrogens is 236 g/mol. The van der Waals surface area contributed by atoms with Crippen molar-refractivity contribution >= 4 is 11.6 Å². The number of pyridine rings is 1. The first-order valence-electron chi connectivity index (χ1n) is 6.11. The minimum Gasteiger partial charge on any atom is -0.477 e. The Morgan fingerprint density at radius 2 is 2.24 bits per heavy atom. The van der Waals surface area contributed by atoms with E-state index in [9.17, 15) is 0 Å². The summed E-state index contributed by atoms with van der Waals surface area (Å²) in [4.78, 5) is 4.16. The number of nitrogens with one attached hydrogen (secondary N) is 1. The third-order valence-corrected chi connectivity index (χ3v) is 2.56. The molecule has 0 aliphatic rings. The Hall–Kier alpha value is -0.800. The van der Waals surface area contributed by atoms with Crippen LogP contribution in [0.4, 0.5) is 0 Å². The maximum Gasteiger partial charge on any atom is 0.213 e. The summed E-state index contributed by atoms with van der Waals surface area (Å²) in [7, 11) is 0. The van der Waals surface area contributed by atoms with Crippen molar-refractivity contribution in [2.75, 3.05) is 13.2 Å². The molecule has 0 atom stereocenters. The van der Waals surface area contributed by atoms with Crippen LogP contribution in [0.15, 0.2) is 12.3 Å². The summed E-state index contributed by atoms with van der Waals surface area (Å²) in [6.07, 6.45) is 2.76. The summed E-state index contributed by atoms with van der Waals surface area (Å²) in [5.74, 6) is 1.14. The maximum atomic E-state index is 6.08. The standard InChI is InChI=1S/C13H21ClN2O/c1-4-5-15-7-11-6-13(16-8-12(11)14)17-9-10(2)3/h6,8,10,15H,4-5,7,9H2,1-3H3. The summed E-state index contributed by atoms with van der Waals surface area (Å²) in [6, 6.07) is 1.91. The largest absolute Gasteiger partial charge is 0.477 e. The van der Waals surface area contributed by atoms with Gasteiger partial charge in [-0.2, -0.15) is 0 Å². The summed E-state index contributed by atoms with van der Waals surface area (Å²) in [6.45, 7) is 8.78. The van der Waals surface area contributed by atoms with Crippen molar-refractivity contribution in [2.24, 2.45) is 5.92 Å². The van der Waals surface area contributed by atoms with Gasteiger partial charge in [0.05, 0.1) is 11.6 Å². The minimum absolute atomic E-state index is 0.495. The smallest absolute Gasteiger partial charge is 0.213 e. The van der Waals surface area contributed by atoms with Crippen LogP contribution in [-0.4, -0.2) is 18.1 Å². The van der Waals surface area contributed by atoms with E-state index in [0.29, 0.717) is 23.4 Å². The Morgan fingerprint density at radius 1 is 1.47 bits per heavy atom. The third-order valence-electron chi connectivity index (χ3n) is 2.22. The van der Waals surface area contributed by atoms with E-state index < -0.39 is 0 Å². The van der Waals surface area contributed by atoms with Gasteiger partial charge in [0.15, 0.2) is 0 Å². The summed E-state index contributed by atoms with van der Waals surface area (Å²) < 4.78 is 5.57. The lowest BCUT2D eigenvalue weighted by Gasteiger charge is -2.10. The van der Waals surface area contributed by atoms with Gasteiger partial charge >= 0.3 is 0 Å². The Bertz CT molecular complexity index is 342. The lowest BCUT2D eigenvalue weighted by Crippen LogP contribution is -2.14. The summed E-state index contributed by atoms with van der Waals surface area (Å²) >= 11 is 6.08. The van der Waals surface area contributed by atoms with Crippen LogP contribution < -0.4 is 10.1 Å². The van der Waals surface area contributed by atoms with Crippen molar-refractivity contribution < 1.29 is 4.74 Å². The molecule has 0 fully saturated rings. The number of hydrogen-bond donors (Lipinski definition) is 1. The molecule has 3 nitrogen and oxygen atoms in total. The number of rotatable bonds is 7. The van der Waals surface area contributed by atoms with Crippen molar-refractivity contribution in [1.29, 1.82) is 0 Å². The van der Waals surface area contributed by atoms with E-state index in [0.717, 1.165) is 25.1 Å². The van der Waals surface area contributed by atoms with Crippen LogP contribution in [-0.2, 0) is 6.54 Å². The van der Waals surface area contributed by atoms with Crippen LogP contribution in [0.25, 0.3) is 0 Å². The molecule has 0 bridgehead atoms. The SMILES string of the molecule is CCCNCc1cc(OCC(C)C)ncc1Cl. The molecule has 0 unspecified atom stereocenters. The molecule has 4 heteroatoms. The number of nitrogens with zero attached hydrogens (tertiary/aromatic N) is 1. The second-order valence-electron chi connectivity index (χ2n) is 4.50. The lowest BCUT2D eigenvalue weighted by molar-refractivity contribution is 0.261. The third kappa shape index (κ3) is 5.37. The molecule has 96 valence electrons. The molecule has 0 radical (unpaired) electrons. The van der Waals surface area contributed by atoms with Gasteiger partial charge in [0, 0.05) is 18.8 Å². The lowest BCUT2D eigenvalue weighted by atomic mass is 10.2. The average Bonchev–Trinajstić information content (AvgIpc) is 2.30. The number of aromatic nitrogens is 1. The Morgan fingerprint density at radius 3 is 2.88 bits per heavy atom. The van der Waals surface area contributed by atoms with Crippen LogP contribution in [0.2, 0.25) is 5.02 Å². The zero-order chi connectivity index (χ0) is 12.7. The Balaban J connectivity index is 2.59. The quantitative estimate of drug-likeness (QED) is 0.761. The highest BCUT2D eigenvalue weighted by Crippen LogP contribution is 2.19. The van der Waals surface area contributed by atoms with Crippen molar-refractivity contribution in [2.45, 2.75) is 33.7 Å². The van der Waals surface area contributed by atoms with E-state index in [1.807, 2.05) is 6.07 Å². The molecule has 1 rings (SSSR count). The zero-order valence-electron chi connectivity index (χ0n) is 10.8. The topological polar surface area (TPSA) is 34.1 Å². The molecular formula is C13H21ClN2O. The first-order valence-corrected chi connectivity index (χ1v) is 6.49. The Kier molecular flexibility index (Phi) is 6.30. The van der Waals surface area contributed by atoms with Crippen molar-refractivity contribution in [3.8, 4) is 5.88 Å². The second-order valence-corrected chi connectivity index (χ2v) is 4.90. The fourth-order valence-electron chi connectivity index (χ4n) is 1.32. The van der Waals surface area contributed by atoms with Gasteiger partial charge in [0.2, 0.25) is 5.88 Å². The zero-order valence-corrected chi connectivity index (χ0v) is 11.5. The molecule has 1 N–H and O–H groups in total. The highest BCUT2D eigenvalue weighted by molar-refractivity contribution is 6.31. The predicted molar refractivity (Wildman–Crippen MR) is 71.6 cm³/mol. The first kappa shape index (κ1) is 14.3. The van der Waals surface area contributed by atoms with Crippen molar-refractivity contribution in [3.63, 3.8) is 0 Å². The van der Waals surface area contributed by atoms with Gasteiger partial charge in [0.25, 0.3) is 0 Å². The van der Waals surface area contributed by atoms with E-state index in [1.54, 1.807) is 6.20 Å². The number of halogens is 1. The molecule has 0 saturated heterocycles. The summed E-state index contributed by atoms with van der Waals surface area (Å²) in [5, 5.41) is 4.00. The average molecular weight is 257 g/mol. The molecule has 0 aromatic carbocycles. The fourth-order valence-corrected chi connectivity index (χ4v) is 1.49. The van der Waals surface area contributed by atoms with Crippen LogP contribution >= 0.6 is 11.6 Å². The molecule has 0 saturated carbocycles. The van der Waals surface area contributed by atoms with Crippen LogP contribution in [0.5, 0.6) is 5.88 Å². The van der Waals surface area contributed by atoms with Gasteiger partial charge in [-0.15, -0.1) is 0 Å². The number of hydrogen-bond acceptors (Lipinski definition) is 3. The van der Waals surface area contributed by atoms with E-state index >= 15 is 0 Å². The van der Waals surface area contributed by atoms with Crippen LogP contribution in [0, 0.1) is 5.92 Å². The molecule has 0 amide bonds. The highest BCUT2D eigenvalue weighted by Gasteiger charge is 2.04. The van der Waals surface area contributed by atoms with Crippen LogP contribution in [0.3, 0.4) is 0 Å². The van der Waals surface area contributed by atoms with Crippen molar-refractivity contribution in [1.82, 2.24) is 10.3 Å². The Labute approximate surface area is 109 Å². The highest BCUT2D eigenvalue weighted by atomic mass is 35.5. The second kappa shape index (κ2) is 7.51. The van der Waals surface area contributed by atoms with Gasteiger partial charge in [0.1, 0.15) is 0 Å². The van der Waals surface area contributed by atoms with Crippen LogP contribution in [0.1, 0.15) is 32.8 Å². The molecule has 1 aromatic heterocycles. The summed E-state index contributed by atoms with van der Waals surface area (Å²) in [5.41, 5.74) is 1.04. The van der Waals surface area contributed by atoms with Crippen molar-refractivity contribution in [3.05, 3.63) is 22.8 Å². The molecule has 17 heavy (non-hydrogen) atoms. The van der Waals surface area contributed by atoms with Gasteiger partial charge in [-0.25, -0.2) is 4.98 Å². The van der Waals surface area contributed by atoms with E-state index in [4.69, 9.17) is 16.3 Å². The normalized spacial score (nSPS) is 10.9. The molecule has 0 aliphatic carbocycles. The van der Waals surface area contributed by atoms with E-state index in [2.05, 4.69) is 31.1 Å². The fraction of sp³-hybridized carbons (Fsp3) is 0.615. The number of ether oxygens (including phenoxy) is 1. The molecule has 0 aliphatic heterocycles. The maximum absolute atomic E-state index is 6.08. The first-order chi connectivity index (χ1) is 8.13. The predicted octanol–water partition coefficient (Wildman–Crippen LogP) is 3.27. The van der Waals surface area contributed by atoms with Gasteiger partial charge in [-0.3, -0.25) is 0 Å². The van der Waals surface area contributed by atoms with E-state index in [-0.39, 0.29) is 0 Å². The molecule has 1 heterocycles. The monoisotopic (exact) mass is 256 g/mol. The van der Waals surface area contributed by atoms with Gasteiger partial charge < -0.3 is 10.1 Å². The van der Waals surface area contributed by atoms with Gasteiger partial charge in [-0.1, -0.05) is 32.4 Å².